The second kappa shape index (κ2) is 10.0. The van der Waals surface area contributed by atoms with E-state index in [0.29, 0.717) is 5.92 Å². The maximum atomic E-state index is 5.63. The smallest absolute Gasteiger partial charge is 0.106 e. The summed E-state index contributed by atoms with van der Waals surface area (Å²) in [4.78, 5) is 2.47. The van der Waals surface area contributed by atoms with Gasteiger partial charge in [0.05, 0.1) is 19.5 Å². The zero-order chi connectivity index (χ0) is 15.6. The first-order valence-corrected chi connectivity index (χ1v) is 8.80. The molecule has 0 saturated carbocycles. The van der Waals surface area contributed by atoms with Crippen LogP contribution >= 0.6 is 0 Å². The van der Waals surface area contributed by atoms with Crippen LogP contribution in [0.5, 0.6) is 0 Å². The van der Waals surface area contributed by atoms with Crippen LogP contribution in [0.2, 0.25) is 0 Å². The van der Waals surface area contributed by atoms with Crippen LogP contribution in [0.15, 0.2) is 22.8 Å². The van der Waals surface area contributed by atoms with Gasteiger partial charge >= 0.3 is 0 Å². The van der Waals surface area contributed by atoms with E-state index in [-0.39, 0.29) is 0 Å². The summed E-state index contributed by atoms with van der Waals surface area (Å²) in [5.41, 5.74) is 0. The third-order valence-corrected chi connectivity index (χ3v) is 4.42. The van der Waals surface area contributed by atoms with E-state index in [0.717, 1.165) is 64.0 Å². The Morgan fingerprint density at radius 3 is 2.64 bits per heavy atom. The Kier molecular flexibility index (Phi) is 7.99. The summed E-state index contributed by atoms with van der Waals surface area (Å²) in [6.07, 6.45) is 5.43. The molecule has 2 heterocycles. The monoisotopic (exact) mass is 308 g/mol. The molecule has 0 amide bonds. The van der Waals surface area contributed by atoms with Gasteiger partial charge in [0.25, 0.3) is 0 Å². The lowest BCUT2D eigenvalue weighted by Gasteiger charge is -2.26. The van der Waals surface area contributed by atoms with Gasteiger partial charge in [-0.1, -0.05) is 20.3 Å². The van der Waals surface area contributed by atoms with Gasteiger partial charge in [0.15, 0.2) is 0 Å². The van der Waals surface area contributed by atoms with E-state index in [4.69, 9.17) is 9.15 Å². The Balaban J connectivity index is 1.63. The SMILES string of the molecule is CC(C)CC[C@H](CCNCCN1CCOCC1)c1ccco1. The Morgan fingerprint density at radius 2 is 1.95 bits per heavy atom. The summed E-state index contributed by atoms with van der Waals surface area (Å²) in [6, 6.07) is 4.13. The van der Waals surface area contributed by atoms with Gasteiger partial charge in [-0.3, -0.25) is 4.90 Å². The van der Waals surface area contributed by atoms with Crippen LogP contribution in [-0.2, 0) is 4.74 Å². The molecule has 4 nitrogen and oxygen atoms in total. The lowest BCUT2D eigenvalue weighted by molar-refractivity contribution is 0.0384. The maximum Gasteiger partial charge on any atom is 0.106 e. The topological polar surface area (TPSA) is 37.6 Å². The van der Waals surface area contributed by atoms with Gasteiger partial charge in [-0.05, 0) is 37.4 Å². The minimum Gasteiger partial charge on any atom is -0.469 e. The van der Waals surface area contributed by atoms with Crippen molar-refractivity contribution in [2.24, 2.45) is 5.92 Å². The summed E-state index contributed by atoms with van der Waals surface area (Å²) < 4.78 is 11.0. The molecule has 2 rings (SSSR count). The number of nitrogens with one attached hydrogen (secondary N) is 1. The number of hydrogen-bond donors (Lipinski definition) is 1. The average molecular weight is 308 g/mol. The average Bonchev–Trinajstić information content (AvgIpc) is 3.05. The molecule has 0 radical (unpaired) electrons. The molecular weight excluding hydrogens is 276 g/mol. The van der Waals surface area contributed by atoms with Crippen molar-refractivity contribution < 1.29 is 9.15 Å². The predicted molar refractivity (Wildman–Crippen MR) is 90.3 cm³/mol. The normalized spacial score (nSPS) is 18.0. The van der Waals surface area contributed by atoms with E-state index in [9.17, 15) is 0 Å². The molecule has 0 spiro atoms. The van der Waals surface area contributed by atoms with Crippen LogP contribution in [0.25, 0.3) is 0 Å². The summed E-state index contributed by atoms with van der Waals surface area (Å²) in [6.45, 7) is 11.8. The van der Waals surface area contributed by atoms with Crippen LogP contribution in [0, 0.1) is 5.92 Å². The van der Waals surface area contributed by atoms with E-state index in [1.807, 2.05) is 6.07 Å². The third-order valence-electron chi connectivity index (χ3n) is 4.42. The lowest BCUT2D eigenvalue weighted by Crippen LogP contribution is -2.40. The first kappa shape index (κ1) is 17.5. The van der Waals surface area contributed by atoms with Gasteiger partial charge in [0, 0.05) is 32.1 Å². The highest BCUT2D eigenvalue weighted by atomic mass is 16.5. The standard InChI is InChI=1S/C18H32N2O2/c1-16(2)5-6-17(18-4-3-13-22-18)7-8-19-9-10-20-11-14-21-15-12-20/h3-4,13,16-17,19H,5-12,14-15H2,1-2H3/t17-/m1/s1. The highest BCUT2D eigenvalue weighted by Gasteiger charge is 2.15. The van der Waals surface area contributed by atoms with E-state index in [1.54, 1.807) is 6.26 Å². The second-order valence-corrected chi connectivity index (χ2v) is 6.68. The van der Waals surface area contributed by atoms with Crippen LogP contribution < -0.4 is 5.32 Å². The lowest BCUT2D eigenvalue weighted by atomic mass is 9.93. The van der Waals surface area contributed by atoms with Gasteiger partial charge in [0.1, 0.15) is 5.76 Å². The molecule has 126 valence electrons. The van der Waals surface area contributed by atoms with Gasteiger partial charge in [-0.25, -0.2) is 0 Å². The third kappa shape index (κ3) is 6.51. The van der Waals surface area contributed by atoms with Crippen molar-refractivity contribution >= 4 is 0 Å². The van der Waals surface area contributed by atoms with Crippen molar-refractivity contribution in [1.29, 1.82) is 0 Å². The molecule has 1 saturated heterocycles. The quantitative estimate of drug-likeness (QED) is 0.674. The molecule has 1 aliphatic heterocycles. The van der Waals surface area contributed by atoms with Crippen molar-refractivity contribution in [3.8, 4) is 0 Å². The number of hydrogen-bond acceptors (Lipinski definition) is 4. The predicted octanol–water partition coefficient (Wildman–Crippen LogP) is 3.11. The molecule has 1 aromatic heterocycles. The van der Waals surface area contributed by atoms with Crippen LogP contribution in [0.1, 0.15) is 44.8 Å². The van der Waals surface area contributed by atoms with Crippen LogP contribution in [0.4, 0.5) is 0 Å². The minimum atomic E-state index is 0.549. The molecule has 0 aromatic carbocycles. The summed E-state index contributed by atoms with van der Waals surface area (Å²) in [5.74, 6) is 2.45. The number of nitrogens with zero attached hydrogens (tertiary/aromatic N) is 1. The van der Waals surface area contributed by atoms with Gasteiger partial charge in [-0.2, -0.15) is 0 Å². The summed E-state index contributed by atoms with van der Waals surface area (Å²) in [5, 5.41) is 3.59. The van der Waals surface area contributed by atoms with E-state index in [1.165, 1.54) is 12.8 Å². The molecule has 1 N–H and O–H groups in total. The summed E-state index contributed by atoms with van der Waals surface area (Å²) in [7, 11) is 0. The molecule has 1 aromatic rings. The molecule has 0 unspecified atom stereocenters. The van der Waals surface area contributed by atoms with Crippen LogP contribution in [0.3, 0.4) is 0 Å². The Hall–Kier alpha value is -0.840. The fourth-order valence-electron chi connectivity index (χ4n) is 2.95. The van der Waals surface area contributed by atoms with Crippen molar-refractivity contribution in [3.05, 3.63) is 24.2 Å². The largest absolute Gasteiger partial charge is 0.469 e. The zero-order valence-electron chi connectivity index (χ0n) is 14.2. The van der Waals surface area contributed by atoms with E-state index < -0.39 is 0 Å². The van der Waals surface area contributed by atoms with Gasteiger partial charge < -0.3 is 14.5 Å². The summed E-state index contributed by atoms with van der Waals surface area (Å²) >= 11 is 0. The molecule has 22 heavy (non-hydrogen) atoms. The highest BCUT2D eigenvalue weighted by molar-refractivity contribution is 5.05. The van der Waals surface area contributed by atoms with Crippen molar-refractivity contribution in [2.75, 3.05) is 45.9 Å². The Bertz CT molecular complexity index is 372. The first-order valence-electron chi connectivity index (χ1n) is 8.80. The minimum absolute atomic E-state index is 0.549. The molecule has 4 heteroatoms. The fraction of sp³-hybridized carbons (Fsp3) is 0.778. The molecule has 0 bridgehead atoms. The molecule has 1 fully saturated rings. The Labute approximate surface area is 135 Å². The van der Waals surface area contributed by atoms with E-state index in [2.05, 4.69) is 30.1 Å². The van der Waals surface area contributed by atoms with Crippen LogP contribution in [-0.4, -0.2) is 50.8 Å². The molecular formula is C18H32N2O2. The van der Waals surface area contributed by atoms with Crippen molar-refractivity contribution in [2.45, 2.75) is 39.0 Å². The number of morpholine rings is 1. The van der Waals surface area contributed by atoms with Crippen molar-refractivity contribution in [1.82, 2.24) is 10.2 Å². The first-order chi connectivity index (χ1) is 10.8. The number of rotatable bonds is 10. The number of ether oxygens (including phenoxy) is 1. The number of furan rings is 1. The Morgan fingerprint density at radius 1 is 1.14 bits per heavy atom. The highest BCUT2D eigenvalue weighted by Crippen LogP contribution is 2.26. The van der Waals surface area contributed by atoms with Crippen molar-refractivity contribution in [3.63, 3.8) is 0 Å². The molecule has 0 aliphatic carbocycles. The second-order valence-electron chi connectivity index (χ2n) is 6.68. The molecule has 1 atom stereocenters. The maximum absolute atomic E-state index is 5.63. The molecule has 1 aliphatic rings. The fourth-order valence-corrected chi connectivity index (χ4v) is 2.95. The van der Waals surface area contributed by atoms with Gasteiger partial charge in [0.2, 0.25) is 0 Å². The van der Waals surface area contributed by atoms with Gasteiger partial charge in [-0.15, -0.1) is 0 Å². The zero-order valence-corrected chi connectivity index (χ0v) is 14.2. The van der Waals surface area contributed by atoms with E-state index >= 15 is 0 Å².